The number of carbonyl (C=O) groups is 1. The second-order valence-electron chi connectivity index (χ2n) is 7.52. The molecule has 4 aromatic rings. The second-order valence-corrected chi connectivity index (χ2v) is 8.38. The number of aromatic nitrogens is 4. The molecule has 1 aromatic carbocycles. The molecule has 10 heteroatoms. The highest BCUT2D eigenvalue weighted by Crippen LogP contribution is 2.33. The monoisotopic (exact) mass is 471 g/mol. The van der Waals surface area contributed by atoms with Crippen molar-refractivity contribution in [2.24, 2.45) is 0 Å². The van der Waals surface area contributed by atoms with Crippen LogP contribution in [0.15, 0.2) is 54.2 Å². The Bertz CT molecular complexity index is 1280. The van der Waals surface area contributed by atoms with Crippen LogP contribution in [-0.2, 0) is 23.9 Å². The standard InChI is InChI=1S/C23H20F3N5OS/c1-14-8-15(2)31(30-14)19-6-5-16(20(10-19)23(24,25)26)12-28-21(32)9-18-13-33-22(29-18)17-4-3-7-27-11-17/h3-8,10-11,13H,9,12H2,1-2H3,(H,28,32). The molecule has 0 bridgehead atoms. The Morgan fingerprint density at radius 2 is 2.00 bits per heavy atom. The third-order valence-electron chi connectivity index (χ3n) is 4.93. The molecule has 0 fully saturated rings. The Morgan fingerprint density at radius 3 is 2.67 bits per heavy atom. The lowest BCUT2D eigenvalue weighted by atomic mass is 10.1. The van der Waals surface area contributed by atoms with Crippen molar-refractivity contribution in [3.05, 3.63) is 82.4 Å². The number of hydrogen-bond acceptors (Lipinski definition) is 5. The number of pyridine rings is 1. The zero-order valence-electron chi connectivity index (χ0n) is 17.8. The first-order valence-electron chi connectivity index (χ1n) is 10.1. The van der Waals surface area contributed by atoms with Gasteiger partial charge < -0.3 is 5.32 Å². The molecule has 4 rings (SSSR count). The molecule has 3 aromatic heterocycles. The normalized spacial score (nSPS) is 11.5. The van der Waals surface area contributed by atoms with Crippen molar-refractivity contribution < 1.29 is 18.0 Å². The molecule has 1 N–H and O–H groups in total. The minimum Gasteiger partial charge on any atom is -0.352 e. The summed E-state index contributed by atoms with van der Waals surface area (Å²) in [6, 6.07) is 9.45. The Labute approximate surface area is 192 Å². The van der Waals surface area contributed by atoms with Crippen molar-refractivity contribution >= 4 is 17.2 Å². The Balaban J connectivity index is 1.47. The van der Waals surface area contributed by atoms with Crippen LogP contribution in [0.4, 0.5) is 13.2 Å². The molecule has 0 aliphatic heterocycles. The van der Waals surface area contributed by atoms with Gasteiger partial charge in [-0.15, -0.1) is 11.3 Å². The van der Waals surface area contributed by atoms with Crippen molar-refractivity contribution in [1.29, 1.82) is 0 Å². The number of thiazole rings is 1. The van der Waals surface area contributed by atoms with E-state index in [9.17, 15) is 18.0 Å². The summed E-state index contributed by atoms with van der Waals surface area (Å²) >= 11 is 1.38. The summed E-state index contributed by atoms with van der Waals surface area (Å²) < 4.78 is 42.7. The largest absolute Gasteiger partial charge is 0.416 e. The zero-order valence-corrected chi connectivity index (χ0v) is 18.7. The highest BCUT2D eigenvalue weighted by Gasteiger charge is 2.34. The molecule has 0 aliphatic rings. The fourth-order valence-electron chi connectivity index (χ4n) is 3.44. The van der Waals surface area contributed by atoms with Crippen LogP contribution < -0.4 is 5.32 Å². The van der Waals surface area contributed by atoms with E-state index in [4.69, 9.17) is 0 Å². The van der Waals surface area contributed by atoms with Crippen LogP contribution in [-0.4, -0.2) is 25.7 Å². The number of carbonyl (C=O) groups excluding carboxylic acids is 1. The van der Waals surface area contributed by atoms with Crippen LogP contribution >= 0.6 is 11.3 Å². The Hall–Kier alpha value is -3.53. The lowest BCUT2D eigenvalue weighted by Gasteiger charge is -2.16. The van der Waals surface area contributed by atoms with Gasteiger partial charge in [0.15, 0.2) is 0 Å². The molecule has 0 radical (unpaired) electrons. The number of nitrogens with one attached hydrogen (secondary N) is 1. The smallest absolute Gasteiger partial charge is 0.352 e. The second kappa shape index (κ2) is 9.14. The number of alkyl halides is 3. The predicted molar refractivity (Wildman–Crippen MR) is 119 cm³/mol. The van der Waals surface area contributed by atoms with E-state index < -0.39 is 17.6 Å². The van der Waals surface area contributed by atoms with Crippen molar-refractivity contribution in [2.45, 2.75) is 33.0 Å². The third-order valence-corrected chi connectivity index (χ3v) is 5.87. The molecule has 0 atom stereocenters. The van der Waals surface area contributed by atoms with Crippen molar-refractivity contribution in [3.8, 4) is 16.3 Å². The summed E-state index contributed by atoms with van der Waals surface area (Å²) in [5, 5.41) is 9.31. The molecule has 0 saturated heterocycles. The predicted octanol–water partition coefficient (Wildman–Crippen LogP) is 4.89. The number of hydrogen-bond donors (Lipinski definition) is 1. The summed E-state index contributed by atoms with van der Waals surface area (Å²) in [5.74, 6) is -0.409. The maximum atomic E-state index is 13.7. The molecule has 0 spiro atoms. The maximum Gasteiger partial charge on any atom is 0.416 e. The molecule has 0 aliphatic carbocycles. The van der Waals surface area contributed by atoms with Crippen LogP contribution in [0.1, 0.15) is 28.2 Å². The topological polar surface area (TPSA) is 72.7 Å². The van der Waals surface area contributed by atoms with E-state index in [-0.39, 0.29) is 18.5 Å². The number of rotatable bonds is 6. The van der Waals surface area contributed by atoms with Crippen LogP contribution in [0.3, 0.4) is 0 Å². The average Bonchev–Trinajstić information content (AvgIpc) is 3.38. The molecular formula is C23H20F3N5OS. The number of aryl methyl sites for hydroxylation is 2. The molecule has 3 heterocycles. The van der Waals surface area contributed by atoms with Gasteiger partial charge in [-0.25, -0.2) is 9.67 Å². The van der Waals surface area contributed by atoms with Crippen LogP contribution in [0.25, 0.3) is 16.3 Å². The number of amides is 1. The summed E-state index contributed by atoms with van der Waals surface area (Å²) in [5.41, 5.74) is 2.32. The van der Waals surface area contributed by atoms with Gasteiger partial charge >= 0.3 is 6.18 Å². The lowest BCUT2D eigenvalue weighted by Crippen LogP contribution is -2.26. The van der Waals surface area contributed by atoms with E-state index in [1.807, 2.05) is 6.07 Å². The first-order chi connectivity index (χ1) is 15.7. The summed E-state index contributed by atoms with van der Waals surface area (Å²) in [7, 11) is 0. The van der Waals surface area contributed by atoms with Crippen molar-refractivity contribution in [2.75, 3.05) is 0 Å². The van der Waals surface area contributed by atoms with Gasteiger partial charge in [0.25, 0.3) is 0 Å². The zero-order chi connectivity index (χ0) is 23.6. The first kappa shape index (κ1) is 22.7. The van der Waals surface area contributed by atoms with Gasteiger partial charge in [-0.1, -0.05) is 6.07 Å². The molecule has 170 valence electrons. The SMILES string of the molecule is Cc1cc(C)n(-c2ccc(CNC(=O)Cc3csc(-c4cccnc4)n3)c(C(F)(F)F)c2)n1. The molecule has 1 amide bonds. The molecule has 0 unspecified atom stereocenters. The molecule has 33 heavy (non-hydrogen) atoms. The van der Waals surface area contributed by atoms with Gasteiger partial charge in [0.1, 0.15) is 5.01 Å². The van der Waals surface area contributed by atoms with E-state index in [0.717, 1.165) is 22.3 Å². The summed E-state index contributed by atoms with van der Waals surface area (Å²) in [6.07, 6.45) is -1.26. The van der Waals surface area contributed by atoms with Gasteiger partial charge in [0, 0.05) is 35.6 Å². The quantitative estimate of drug-likeness (QED) is 0.435. The first-order valence-corrected chi connectivity index (χ1v) is 10.9. The van der Waals surface area contributed by atoms with Gasteiger partial charge in [-0.3, -0.25) is 9.78 Å². The van der Waals surface area contributed by atoms with Gasteiger partial charge in [-0.2, -0.15) is 18.3 Å². The third kappa shape index (κ3) is 5.28. The summed E-state index contributed by atoms with van der Waals surface area (Å²) in [6.45, 7) is 3.31. The van der Waals surface area contributed by atoms with E-state index in [1.54, 1.807) is 49.8 Å². The van der Waals surface area contributed by atoms with Gasteiger partial charge in [-0.05, 0) is 49.7 Å². The van der Waals surface area contributed by atoms with E-state index in [1.165, 1.54) is 22.1 Å². The van der Waals surface area contributed by atoms with E-state index in [0.29, 0.717) is 17.1 Å². The maximum absolute atomic E-state index is 13.7. The number of halogens is 3. The minimum atomic E-state index is -4.57. The minimum absolute atomic E-state index is 0.0181. The number of nitrogens with zero attached hydrogens (tertiary/aromatic N) is 4. The molecular weight excluding hydrogens is 451 g/mol. The van der Waals surface area contributed by atoms with Crippen LogP contribution in [0, 0.1) is 13.8 Å². The van der Waals surface area contributed by atoms with E-state index >= 15 is 0 Å². The van der Waals surface area contributed by atoms with Crippen LogP contribution in [0.2, 0.25) is 0 Å². The van der Waals surface area contributed by atoms with E-state index in [2.05, 4.69) is 20.4 Å². The number of benzene rings is 1. The van der Waals surface area contributed by atoms with Crippen molar-refractivity contribution in [3.63, 3.8) is 0 Å². The van der Waals surface area contributed by atoms with Gasteiger partial charge in [0.2, 0.25) is 5.91 Å². The van der Waals surface area contributed by atoms with Crippen molar-refractivity contribution in [1.82, 2.24) is 25.1 Å². The Kier molecular flexibility index (Phi) is 6.28. The fourth-order valence-corrected chi connectivity index (χ4v) is 4.25. The lowest BCUT2D eigenvalue weighted by molar-refractivity contribution is -0.138. The summed E-state index contributed by atoms with van der Waals surface area (Å²) in [4.78, 5) is 20.8. The Morgan fingerprint density at radius 1 is 1.18 bits per heavy atom. The molecule has 6 nitrogen and oxygen atoms in total. The van der Waals surface area contributed by atoms with Gasteiger partial charge in [0.05, 0.1) is 29.1 Å². The molecule has 0 saturated carbocycles. The highest BCUT2D eigenvalue weighted by molar-refractivity contribution is 7.13. The van der Waals surface area contributed by atoms with Crippen LogP contribution in [0.5, 0.6) is 0 Å². The highest BCUT2D eigenvalue weighted by atomic mass is 32.1. The fraction of sp³-hybridized carbons (Fsp3) is 0.217. The average molecular weight is 472 g/mol.